The summed E-state index contributed by atoms with van der Waals surface area (Å²) in [6, 6.07) is 9.59. The molecule has 0 unspecified atom stereocenters. The quantitative estimate of drug-likeness (QED) is 0.601. The van der Waals surface area contributed by atoms with Gasteiger partial charge in [-0.3, -0.25) is 4.90 Å². The van der Waals surface area contributed by atoms with Crippen LogP contribution in [0.4, 0.5) is 4.79 Å². The Morgan fingerprint density at radius 2 is 2.16 bits per heavy atom. The van der Waals surface area contributed by atoms with Gasteiger partial charge in [-0.05, 0) is 19.0 Å². The number of nitrogens with one attached hydrogen (secondary N) is 1. The number of carbonyl (C=O) groups is 1. The van der Waals surface area contributed by atoms with Crippen LogP contribution in [0.2, 0.25) is 0 Å². The third-order valence-electron chi connectivity index (χ3n) is 2.56. The molecule has 1 aromatic rings. The Labute approximate surface area is 114 Å². The summed E-state index contributed by atoms with van der Waals surface area (Å²) >= 11 is 0. The number of nitrogens with zero attached hydrogens (tertiary/aromatic N) is 1. The minimum atomic E-state index is -0.386. The van der Waals surface area contributed by atoms with E-state index >= 15 is 0 Å². The first-order chi connectivity index (χ1) is 9.22. The Hall–Kier alpha value is -1.99. The first-order valence-electron chi connectivity index (χ1n) is 6.29. The molecule has 0 radical (unpaired) electrons. The Bertz CT molecular complexity index is 412. The minimum Gasteiger partial charge on any atom is -0.445 e. The number of ether oxygens (including phenoxy) is 1. The lowest BCUT2D eigenvalue weighted by molar-refractivity contribution is 0.139. The molecule has 0 saturated heterocycles. The number of alkyl carbamates (subject to hydrolysis) is 1. The maximum atomic E-state index is 11.4. The van der Waals surface area contributed by atoms with E-state index in [-0.39, 0.29) is 6.09 Å². The minimum absolute atomic E-state index is 0.295. The predicted octanol–water partition coefficient (Wildman–Crippen LogP) is 1.87. The summed E-state index contributed by atoms with van der Waals surface area (Å²) in [6.45, 7) is 2.35. The van der Waals surface area contributed by atoms with Gasteiger partial charge in [-0.1, -0.05) is 36.3 Å². The highest BCUT2D eigenvalue weighted by Gasteiger charge is 2.02. The maximum Gasteiger partial charge on any atom is 0.407 e. The smallest absolute Gasteiger partial charge is 0.407 e. The zero-order valence-corrected chi connectivity index (χ0v) is 11.3. The Kier molecular flexibility index (Phi) is 7.14. The molecule has 0 spiro atoms. The van der Waals surface area contributed by atoms with Crippen LogP contribution in [0.1, 0.15) is 12.0 Å². The molecule has 0 fully saturated rings. The zero-order chi connectivity index (χ0) is 13.9. The molecule has 1 rings (SSSR count). The molecule has 1 N–H and O–H groups in total. The fourth-order valence-corrected chi connectivity index (χ4v) is 1.55. The topological polar surface area (TPSA) is 41.6 Å². The summed E-state index contributed by atoms with van der Waals surface area (Å²) in [6.07, 6.45) is 5.66. The van der Waals surface area contributed by atoms with Gasteiger partial charge in [-0.2, -0.15) is 0 Å². The second-order valence-electron chi connectivity index (χ2n) is 4.28. The fraction of sp³-hybridized carbons (Fsp3) is 0.400. The molecule has 0 heterocycles. The summed E-state index contributed by atoms with van der Waals surface area (Å²) in [5, 5.41) is 2.71. The van der Waals surface area contributed by atoms with Crippen molar-refractivity contribution in [1.82, 2.24) is 10.2 Å². The summed E-state index contributed by atoms with van der Waals surface area (Å²) < 4.78 is 5.09. The summed E-state index contributed by atoms with van der Waals surface area (Å²) in [7, 11) is 1.95. The van der Waals surface area contributed by atoms with Gasteiger partial charge in [0.25, 0.3) is 0 Å². The van der Waals surface area contributed by atoms with Gasteiger partial charge in [0.2, 0.25) is 0 Å². The van der Waals surface area contributed by atoms with Crippen LogP contribution >= 0.6 is 0 Å². The van der Waals surface area contributed by atoms with Crippen LogP contribution in [0.5, 0.6) is 0 Å². The van der Waals surface area contributed by atoms with E-state index in [2.05, 4.69) is 11.2 Å². The summed E-state index contributed by atoms with van der Waals surface area (Å²) in [5.41, 5.74) is 0.978. The lowest BCUT2D eigenvalue weighted by Crippen LogP contribution is -2.28. The van der Waals surface area contributed by atoms with Gasteiger partial charge in [0.15, 0.2) is 0 Å². The first kappa shape index (κ1) is 15.1. The number of terminal acetylenes is 1. The standard InChI is InChI=1S/C15H20N2O2/c1-3-11-17(2)12-7-10-16-15(18)19-13-14-8-5-4-6-9-14/h1,4-6,8-9H,7,10-13H2,2H3,(H,16,18). The summed E-state index contributed by atoms with van der Waals surface area (Å²) in [5.74, 6) is 2.57. The molecular weight excluding hydrogens is 240 g/mol. The normalized spacial score (nSPS) is 9.95. The van der Waals surface area contributed by atoms with Gasteiger partial charge in [0, 0.05) is 13.1 Å². The molecular formula is C15H20N2O2. The molecule has 1 aromatic carbocycles. The third kappa shape index (κ3) is 7.12. The number of benzene rings is 1. The average Bonchev–Trinajstić information content (AvgIpc) is 2.43. The van der Waals surface area contributed by atoms with Crippen molar-refractivity contribution in [2.75, 3.05) is 26.7 Å². The second-order valence-corrected chi connectivity index (χ2v) is 4.28. The van der Waals surface area contributed by atoms with Crippen molar-refractivity contribution in [3.63, 3.8) is 0 Å². The predicted molar refractivity (Wildman–Crippen MR) is 75.6 cm³/mol. The average molecular weight is 260 g/mol. The highest BCUT2D eigenvalue weighted by Crippen LogP contribution is 2.00. The molecule has 1 amide bonds. The molecule has 0 aromatic heterocycles. The maximum absolute atomic E-state index is 11.4. The number of carbonyl (C=O) groups excluding carboxylic acids is 1. The number of amides is 1. The highest BCUT2D eigenvalue weighted by atomic mass is 16.5. The van der Waals surface area contributed by atoms with Crippen molar-refractivity contribution in [3.8, 4) is 12.3 Å². The lowest BCUT2D eigenvalue weighted by Gasteiger charge is -2.13. The van der Waals surface area contributed by atoms with Crippen LogP contribution in [0, 0.1) is 12.3 Å². The van der Waals surface area contributed by atoms with Gasteiger partial charge >= 0.3 is 6.09 Å². The number of hydrogen-bond donors (Lipinski definition) is 1. The van der Waals surface area contributed by atoms with E-state index in [9.17, 15) is 4.79 Å². The van der Waals surface area contributed by atoms with Gasteiger partial charge in [-0.15, -0.1) is 6.42 Å². The second kappa shape index (κ2) is 9.01. The van der Waals surface area contributed by atoms with Crippen LogP contribution in [0.25, 0.3) is 0 Å². The van der Waals surface area contributed by atoms with Gasteiger partial charge in [0.05, 0.1) is 6.54 Å². The molecule has 4 nitrogen and oxygen atoms in total. The Morgan fingerprint density at radius 3 is 2.84 bits per heavy atom. The molecule has 102 valence electrons. The zero-order valence-electron chi connectivity index (χ0n) is 11.3. The lowest BCUT2D eigenvalue weighted by atomic mass is 10.2. The molecule has 0 atom stereocenters. The van der Waals surface area contributed by atoms with Crippen molar-refractivity contribution in [2.45, 2.75) is 13.0 Å². The number of rotatable bonds is 7. The molecule has 0 aliphatic rings. The Balaban J connectivity index is 2.07. The highest BCUT2D eigenvalue weighted by molar-refractivity contribution is 5.67. The van der Waals surface area contributed by atoms with Crippen molar-refractivity contribution >= 4 is 6.09 Å². The van der Waals surface area contributed by atoms with Gasteiger partial charge < -0.3 is 10.1 Å². The van der Waals surface area contributed by atoms with E-state index in [1.165, 1.54) is 0 Å². The molecule has 0 aliphatic carbocycles. The van der Waals surface area contributed by atoms with E-state index in [0.717, 1.165) is 18.5 Å². The van der Waals surface area contributed by atoms with Crippen molar-refractivity contribution < 1.29 is 9.53 Å². The Morgan fingerprint density at radius 1 is 1.42 bits per heavy atom. The van der Waals surface area contributed by atoms with Crippen molar-refractivity contribution in [3.05, 3.63) is 35.9 Å². The summed E-state index contributed by atoms with van der Waals surface area (Å²) in [4.78, 5) is 13.4. The van der Waals surface area contributed by atoms with Crippen LogP contribution < -0.4 is 5.32 Å². The van der Waals surface area contributed by atoms with Crippen LogP contribution in [-0.2, 0) is 11.3 Å². The molecule has 4 heteroatoms. The fourth-order valence-electron chi connectivity index (χ4n) is 1.55. The molecule has 0 aliphatic heterocycles. The van der Waals surface area contributed by atoms with E-state index in [1.54, 1.807) is 0 Å². The van der Waals surface area contributed by atoms with E-state index < -0.39 is 0 Å². The van der Waals surface area contributed by atoms with Crippen LogP contribution in [0.15, 0.2) is 30.3 Å². The van der Waals surface area contributed by atoms with Crippen LogP contribution in [-0.4, -0.2) is 37.7 Å². The molecule has 19 heavy (non-hydrogen) atoms. The van der Waals surface area contributed by atoms with Gasteiger partial charge in [-0.25, -0.2) is 4.79 Å². The van der Waals surface area contributed by atoms with Gasteiger partial charge in [0.1, 0.15) is 6.61 Å². The number of hydrogen-bond acceptors (Lipinski definition) is 3. The van der Waals surface area contributed by atoms with Crippen molar-refractivity contribution in [2.24, 2.45) is 0 Å². The largest absolute Gasteiger partial charge is 0.445 e. The van der Waals surface area contributed by atoms with Crippen molar-refractivity contribution in [1.29, 1.82) is 0 Å². The SMILES string of the molecule is C#CCN(C)CCCNC(=O)OCc1ccccc1. The van der Waals surface area contributed by atoms with E-state index in [1.807, 2.05) is 42.3 Å². The van der Waals surface area contributed by atoms with E-state index in [0.29, 0.717) is 19.7 Å². The van der Waals surface area contributed by atoms with E-state index in [4.69, 9.17) is 11.2 Å². The molecule has 0 bridgehead atoms. The first-order valence-corrected chi connectivity index (χ1v) is 6.29. The van der Waals surface area contributed by atoms with Crippen LogP contribution in [0.3, 0.4) is 0 Å². The monoisotopic (exact) mass is 260 g/mol. The molecule has 0 saturated carbocycles. The third-order valence-corrected chi connectivity index (χ3v) is 2.56.